The Hall–Kier alpha value is -0.0800. The molecule has 0 spiro atoms. The van der Waals surface area contributed by atoms with Crippen molar-refractivity contribution in [3.63, 3.8) is 0 Å². The lowest BCUT2D eigenvalue weighted by molar-refractivity contribution is 0.227. The molecular weight excluding hydrogens is 124 g/mol. The molecule has 0 bridgehead atoms. The second-order valence-electron chi connectivity index (χ2n) is 3.58. The summed E-state index contributed by atoms with van der Waals surface area (Å²) in [7, 11) is 0. The van der Waals surface area contributed by atoms with E-state index in [-0.39, 0.29) is 0 Å². The van der Waals surface area contributed by atoms with Crippen LogP contribution in [-0.4, -0.2) is 18.6 Å². The highest BCUT2D eigenvalue weighted by molar-refractivity contribution is 4.84. The van der Waals surface area contributed by atoms with Crippen molar-refractivity contribution in [3.8, 4) is 0 Å². The fourth-order valence-corrected chi connectivity index (χ4v) is 1.51. The van der Waals surface area contributed by atoms with Crippen molar-refractivity contribution in [2.75, 3.05) is 6.54 Å². The van der Waals surface area contributed by atoms with E-state index >= 15 is 0 Å². The van der Waals surface area contributed by atoms with Crippen LogP contribution < -0.4 is 11.1 Å². The number of hydrogen-bond acceptors (Lipinski definition) is 2. The Balaban J connectivity index is 2.04. The zero-order valence-corrected chi connectivity index (χ0v) is 6.93. The first-order valence-corrected chi connectivity index (χ1v) is 4.18. The molecule has 0 aromatic carbocycles. The van der Waals surface area contributed by atoms with Gasteiger partial charge in [0.15, 0.2) is 0 Å². The van der Waals surface area contributed by atoms with Crippen molar-refractivity contribution in [3.05, 3.63) is 0 Å². The van der Waals surface area contributed by atoms with Crippen LogP contribution in [-0.2, 0) is 0 Å². The van der Waals surface area contributed by atoms with Gasteiger partial charge in [0.1, 0.15) is 0 Å². The summed E-state index contributed by atoms with van der Waals surface area (Å²) in [6, 6.07) is 1.26. The van der Waals surface area contributed by atoms with Gasteiger partial charge >= 0.3 is 0 Å². The van der Waals surface area contributed by atoms with Gasteiger partial charge in [0.05, 0.1) is 0 Å². The standard InChI is InChI=1S/C8H18N2/c1-6-3-8(4-6)10-7(2)5-9/h6-8,10H,3-5,9H2,1-2H3. The summed E-state index contributed by atoms with van der Waals surface area (Å²) in [6.07, 6.45) is 2.68. The molecule has 0 aromatic heterocycles. The molecule has 60 valence electrons. The minimum atomic E-state index is 0.498. The Bertz CT molecular complexity index is 97.4. The third kappa shape index (κ3) is 1.96. The maximum absolute atomic E-state index is 5.47. The first-order chi connectivity index (χ1) is 4.72. The smallest absolute Gasteiger partial charge is 0.0164 e. The van der Waals surface area contributed by atoms with E-state index in [0.29, 0.717) is 6.04 Å². The van der Waals surface area contributed by atoms with Gasteiger partial charge in [0, 0.05) is 18.6 Å². The molecule has 0 aliphatic heterocycles. The quantitative estimate of drug-likeness (QED) is 0.609. The molecule has 1 saturated carbocycles. The van der Waals surface area contributed by atoms with Gasteiger partial charge in [-0.25, -0.2) is 0 Å². The van der Waals surface area contributed by atoms with Crippen LogP contribution in [0, 0.1) is 5.92 Å². The largest absolute Gasteiger partial charge is 0.329 e. The van der Waals surface area contributed by atoms with E-state index < -0.39 is 0 Å². The van der Waals surface area contributed by atoms with Crippen molar-refractivity contribution in [2.24, 2.45) is 11.7 Å². The molecule has 0 saturated heterocycles. The third-order valence-electron chi connectivity index (χ3n) is 2.25. The molecule has 3 N–H and O–H groups in total. The summed E-state index contributed by atoms with van der Waals surface area (Å²) in [5.74, 6) is 0.933. The summed E-state index contributed by atoms with van der Waals surface area (Å²) in [4.78, 5) is 0. The molecule has 1 atom stereocenters. The number of nitrogens with one attached hydrogen (secondary N) is 1. The molecule has 0 amide bonds. The summed E-state index contributed by atoms with van der Waals surface area (Å²) in [6.45, 7) is 5.19. The lowest BCUT2D eigenvalue weighted by Gasteiger charge is -2.35. The first kappa shape index (κ1) is 8.02. The highest BCUT2D eigenvalue weighted by atomic mass is 15.0. The van der Waals surface area contributed by atoms with Gasteiger partial charge < -0.3 is 11.1 Å². The molecular formula is C8H18N2. The van der Waals surface area contributed by atoms with E-state index in [1.807, 2.05) is 0 Å². The maximum Gasteiger partial charge on any atom is 0.0164 e. The molecule has 0 radical (unpaired) electrons. The van der Waals surface area contributed by atoms with E-state index in [2.05, 4.69) is 19.2 Å². The van der Waals surface area contributed by atoms with Gasteiger partial charge in [-0.1, -0.05) is 6.92 Å². The summed E-state index contributed by atoms with van der Waals surface area (Å²) in [5, 5.41) is 3.47. The molecule has 1 rings (SSSR count). The van der Waals surface area contributed by atoms with Gasteiger partial charge in [-0.15, -0.1) is 0 Å². The number of hydrogen-bond donors (Lipinski definition) is 2. The van der Waals surface area contributed by atoms with Crippen LogP contribution >= 0.6 is 0 Å². The molecule has 10 heavy (non-hydrogen) atoms. The zero-order chi connectivity index (χ0) is 7.56. The van der Waals surface area contributed by atoms with E-state index in [1.165, 1.54) is 12.8 Å². The van der Waals surface area contributed by atoms with E-state index in [1.54, 1.807) is 0 Å². The van der Waals surface area contributed by atoms with Gasteiger partial charge in [-0.05, 0) is 25.7 Å². The second-order valence-corrected chi connectivity index (χ2v) is 3.58. The monoisotopic (exact) mass is 142 g/mol. The molecule has 2 nitrogen and oxygen atoms in total. The highest BCUT2D eigenvalue weighted by Gasteiger charge is 2.25. The minimum Gasteiger partial charge on any atom is -0.329 e. The number of rotatable bonds is 3. The lowest BCUT2D eigenvalue weighted by Crippen LogP contribution is -2.47. The Morgan fingerprint density at radius 2 is 2.20 bits per heavy atom. The Morgan fingerprint density at radius 1 is 1.60 bits per heavy atom. The van der Waals surface area contributed by atoms with Gasteiger partial charge in [0.25, 0.3) is 0 Å². The summed E-state index contributed by atoms with van der Waals surface area (Å²) < 4.78 is 0. The fourth-order valence-electron chi connectivity index (χ4n) is 1.51. The van der Waals surface area contributed by atoms with Crippen molar-refractivity contribution in [1.29, 1.82) is 0 Å². The zero-order valence-electron chi connectivity index (χ0n) is 6.93. The summed E-state index contributed by atoms with van der Waals surface area (Å²) in [5.41, 5.74) is 5.47. The Labute approximate surface area is 63.2 Å². The van der Waals surface area contributed by atoms with Crippen LogP contribution in [0.1, 0.15) is 26.7 Å². The van der Waals surface area contributed by atoms with Gasteiger partial charge in [-0.3, -0.25) is 0 Å². The van der Waals surface area contributed by atoms with Crippen LogP contribution in [0.15, 0.2) is 0 Å². The van der Waals surface area contributed by atoms with Crippen molar-refractivity contribution in [2.45, 2.75) is 38.8 Å². The maximum atomic E-state index is 5.47. The van der Waals surface area contributed by atoms with E-state index in [4.69, 9.17) is 5.73 Å². The van der Waals surface area contributed by atoms with Crippen molar-refractivity contribution in [1.82, 2.24) is 5.32 Å². The van der Waals surface area contributed by atoms with Gasteiger partial charge in [-0.2, -0.15) is 0 Å². The van der Waals surface area contributed by atoms with E-state index in [9.17, 15) is 0 Å². The fraction of sp³-hybridized carbons (Fsp3) is 1.00. The average molecular weight is 142 g/mol. The molecule has 0 heterocycles. The van der Waals surface area contributed by atoms with Crippen molar-refractivity contribution < 1.29 is 0 Å². The second kappa shape index (κ2) is 3.35. The van der Waals surface area contributed by atoms with Crippen LogP contribution in [0.25, 0.3) is 0 Å². The predicted octanol–water partition coefficient (Wildman–Crippen LogP) is 0.722. The average Bonchev–Trinajstić information content (AvgIpc) is 1.84. The van der Waals surface area contributed by atoms with Crippen LogP contribution in [0.5, 0.6) is 0 Å². The third-order valence-corrected chi connectivity index (χ3v) is 2.25. The van der Waals surface area contributed by atoms with Crippen LogP contribution in [0.4, 0.5) is 0 Å². The lowest BCUT2D eigenvalue weighted by atomic mass is 9.81. The molecule has 1 fully saturated rings. The molecule has 0 aromatic rings. The molecule has 1 aliphatic rings. The minimum absolute atomic E-state index is 0.498. The van der Waals surface area contributed by atoms with Gasteiger partial charge in [0.2, 0.25) is 0 Å². The molecule has 1 aliphatic carbocycles. The van der Waals surface area contributed by atoms with E-state index in [0.717, 1.165) is 18.5 Å². The molecule has 2 heteroatoms. The van der Waals surface area contributed by atoms with Crippen LogP contribution in [0.3, 0.4) is 0 Å². The van der Waals surface area contributed by atoms with Crippen molar-refractivity contribution >= 4 is 0 Å². The topological polar surface area (TPSA) is 38.0 Å². The van der Waals surface area contributed by atoms with Crippen LogP contribution in [0.2, 0.25) is 0 Å². The summed E-state index contributed by atoms with van der Waals surface area (Å²) >= 11 is 0. The number of nitrogens with two attached hydrogens (primary N) is 1. The highest BCUT2D eigenvalue weighted by Crippen LogP contribution is 2.26. The molecule has 1 unspecified atom stereocenters. The normalized spacial score (nSPS) is 35.1. The Morgan fingerprint density at radius 3 is 2.60 bits per heavy atom. The first-order valence-electron chi connectivity index (χ1n) is 4.18. The Kier molecular flexibility index (Phi) is 2.69. The predicted molar refractivity (Wildman–Crippen MR) is 43.8 cm³/mol. The SMILES string of the molecule is CC1CC(NC(C)CN)C1.